The smallest absolute Gasteiger partial charge is 0.326 e. The number of hydrogen-bond donors (Lipinski definition) is 2. The first-order valence-electron chi connectivity index (χ1n) is 7.63. The Morgan fingerprint density at radius 3 is 2.46 bits per heavy atom. The summed E-state index contributed by atoms with van der Waals surface area (Å²) in [5.74, 6) is -1.79. The van der Waals surface area contributed by atoms with Crippen LogP contribution in [0.3, 0.4) is 0 Å². The third-order valence-corrected chi connectivity index (χ3v) is 3.64. The summed E-state index contributed by atoms with van der Waals surface area (Å²) in [6.07, 6.45) is 1.72. The van der Waals surface area contributed by atoms with Gasteiger partial charge in [0.25, 0.3) is 5.91 Å². The maximum Gasteiger partial charge on any atom is 0.326 e. The number of carbonyl (C=O) groups excluding carboxylic acids is 1. The second-order valence-electron chi connectivity index (χ2n) is 6.03. The van der Waals surface area contributed by atoms with Gasteiger partial charge in [0.2, 0.25) is 0 Å². The lowest BCUT2D eigenvalue weighted by atomic mass is 10.0. The van der Waals surface area contributed by atoms with Crippen LogP contribution in [0.1, 0.15) is 36.3 Å². The van der Waals surface area contributed by atoms with Crippen molar-refractivity contribution in [1.29, 1.82) is 0 Å². The topological polar surface area (TPSA) is 84.2 Å². The van der Waals surface area contributed by atoms with Gasteiger partial charge < -0.3 is 10.4 Å². The molecular weight excluding hydrogens is 313 g/mol. The molecule has 0 aliphatic rings. The number of carbonyl (C=O) groups is 2. The van der Waals surface area contributed by atoms with Crippen LogP contribution in [0.2, 0.25) is 0 Å². The molecule has 1 aromatic heterocycles. The molecule has 0 radical (unpaired) electrons. The Hall–Kier alpha value is -2.70. The van der Waals surface area contributed by atoms with Gasteiger partial charge in [0.15, 0.2) is 0 Å². The highest BCUT2D eigenvalue weighted by atomic mass is 19.1. The zero-order valence-electron chi connectivity index (χ0n) is 13.8. The maximum absolute atomic E-state index is 13.0. The van der Waals surface area contributed by atoms with Crippen molar-refractivity contribution in [2.24, 2.45) is 5.92 Å². The zero-order valence-corrected chi connectivity index (χ0v) is 13.8. The predicted molar refractivity (Wildman–Crippen MR) is 86.6 cm³/mol. The normalized spacial score (nSPS) is 12.2. The van der Waals surface area contributed by atoms with Gasteiger partial charge in [-0.25, -0.2) is 13.9 Å². The van der Waals surface area contributed by atoms with Crippen molar-refractivity contribution in [2.75, 3.05) is 0 Å². The molecule has 2 rings (SSSR count). The third-order valence-electron chi connectivity index (χ3n) is 3.64. The summed E-state index contributed by atoms with van der Waals surface area (Å²) in [4.78, 5) is 23.6. The van der Waals surface area contributed by atoms with Gasteiger partial charge in [-0.1, -0.05) is 13.8 Å². The molecule has 2 N–H and O–H groups in total. The predicted octanol–water partition coefficient (Wildman–Crippen LogP) is 2.55. The van der Waals surface area contributed by atoms with E-state index in [1.54, 1.807) is 19.1 Å². The number of rotatable bonds is 6. The van der Waals surface area contributed by atoms with E-state index in [9.17, 15) is 19.1 Å². The summed E-state index contributed by atoms with van der Waals surface area (Å²) in [6, 6.07) is 4.76. The summed E-state index contributed by atoms with van der Waals surface area (Å²) in [5.41, 5.74) is 1.45. The van der Waals surface area contributed by atoms with Gasteiger partial charge in [-0.15, -0.1) is 0 Å². The van der Waals surface area contributed by atoms with E-state index in [0.717, 1.165) is 0 Å². The number of amides is 1. The number of carboxylic acids is 1. The number of nitrogens with one attached hydrogen (secondary N) is 1. The molecule has 1 aromatic carbocycles. The van der Waals surface area contributed by atoms with Gasteiger partial charge in [-0.2, -0.15) is 5.10 Å². The van der Waals surface area contributed by atoms with E-state index >= 15 is 0 Å². The van der Waals surface area contributed by atoms with Crippen LogP contribution in [0.25, 0.3) is 5.69 Å². The van der Waals surface area contributed by atoms with Crippen LogP contribution in [-0.2, 0) is 4.79 Å². The van der Waals surface area contributed by atoms with Crippen molar-refractivity contribution in [3.8, 4) is 5.69 Å². The molecule has 6 nitrogen and oxygen atoms in total. The summed E-state index contributed by atoms with van der Waals surface area (Å²) in [6.45, 7) is 5.48. The molecule has 0 spiro atoms. The second kappa shape index (κ2) is 7.25. The number of nitrogens with zero attached hydrogens (tertiary/aromatic N) is 2. The van der Waals surface area contributed by atoms with Gasteiger partial charge in [-0.3, -0.25) is 4.79 Å². The van der Waals surface area contributed by atoms with Gasteiger partial charge in [0.1, 0.15) is 11.9 Å². The molecule has 0 fully saturated rings. The number of halogens is 1. The van der Waals surface area contributed by atoms with Crippen molar-refractivity contribution < 1.29 is 19.1 Å². The number of aliphatic carboxylic acids is 1. The first-order valence-corrected chi connectivity index (χ1v) is 7.63. The largest absolute Gasteiger partial charge is 0.480 e. The Morgan fingerprint density at radius 2 is 1.92 bits per heavy atom. The van der Waals surface area contributed by atoms with Crippen molar-refractivity contribution in [3.05, 3.63) is 47.5 Å². The number of carboxylic acid groups (broad SMARTS) is 1. The first-order chi connectivity index (χ1) is 11.3. The minimum atomic E-state index is -1.07. The van der Waals surface area contributed by atoms with Gasteiger partial charge in [0, 0.05) is 0 Å². The number of aromatic nitrogens is 2. The molecule has 0 aliphatic heterocycles. The van der Waals surface area contributed by atoms with E-state index < -0.39 is 17.9 Å². The zero-order chi connectivity index (χ0) is 17.9. The Balaban J connectivity index is 2.21. The summed E-state index contributed by atoms with van der Waals surface area (Å²) < 4.78 is 14.5. The van der Waals surface area contributed by atoms with E-state index in [4.69, 9.17) is 0 Å². The Kier molecular flexibility index (Phi) is 5.33. The van der Waals surface area contributed by atoms with Crippen LogP contribution in [0, 0.1) is 18.7 Å². The highest BCUT2D eigenvalue weighted by molar-refractivity contribution is 5.97. The van der Waals surface area contributed by atoms with Gasteiger partial charge in [0.05, 0.1) is 23.1 Å². The highest BCUT2D eigenvalue weighted by Gasteiger charge is 2.24. The lowest BCUT2D eigenvalue weighted by Crippen LogP contribution is -2.41. The first kappa shape index (κ1) is 17.7. The van der Waals surface area contributed by atoms with Gasteiger partial charge in [-0.05, 0) is 43.5 Å². The highest BCUT2D eigenvalue weighted by Crippen LogP contribution is 2.15. The quantitative estimate of drug-likeness (QED) is 0.851. The SMILES string of the molecule is Cc1c(C(=O)N[C@H](CC(C)C)C(=O)O)cnn1-c1ccc(F)cc1. The lowest BCUT2D eigenvalue weighted by Gasteiger charge is -2.16. The molecular formula is C17H20FN3O3. The Morgan fingerprint density at radius 1 is 1.29 bits per heavy atom. The minimum Gasteiger partial charge on any atom is -0.480 e. The number of benzene rings is 1. The standard InChI is InChI=1S/C17H20FN3O3/c1-10(2)8-15(17(23)24)20-16(22)14-9-19-21(11(14)3)13-6-4-12(18)5-7-13/h4-7,9-10,15H,8H2,1-3H3,(H,20,22)(H,23,24)/t15-/m1/s1. The van der Waals surface area contributed by atoms with E-state index in [0.29, 0.717) is 17.8 Å². The molecule has 24 heavy (non-hydrogen) atoms. The van der Waals surface area contributed by atoms with Crippen LogP contribution < -0.4 is 5.32 Å². The number of hydrogen-bond acceptors (Lipinski definition) is 3. The van der Waals surface area contributed by atoms with Crippen LogP contribution >= 0.6 is 0 Å². The molecule has 0 unspecified atom stereocenters. The summed E-state index contributed by atoms with van der Waals surface area (Å²) >= 11 is 0. The Labute approximate surface area is 139 Å². The van der Waals surface area contributed by atoms with Gasteiger partial charge >= 0.3 is 5.97 Å². The van der Waals surface area contributed by atoms with Crippen molar-refractivity contribution >= 4 is 11.9 Å². The minimum absolute atomic E-state index is 0.134. The lowest BCUT2D eigenvalue weighted by molar-refractivity contribution is -0.139. The Bertz CT molecular complexity index is 738. The monoisotopic (exact) mass is 333 g/mol. The summed E-state index contributed by atoms with van der Waals surface area (Å²) in [5, 5.41) is 15.9. The van der Waals surface area contributed by atoms with E-state index in [2.05, 4.69) is 10.4 Å². The molecule has 0 saturated heterocycles. The molecule has 0 bridgehead atoms. The van der Waals surface area contributed by atoms with E-state index in [1.165, 1.54) is 23.0 Å². The molecule has 7 heteroatoms. The maximum atomic E-state index is 13.0. The molecule has 0 aliphatic carbocycles. The fourth-order valence-corrected chi connectivity index (χ4v) is 2.40. The average molecular weight is 333 g/mol. The molecule has 0 saturated carbocycles. The van der Waals surface area contributed by atoms with Crippen molar-refractivity contribution in [2.45, 2.75) is 33.2 Å². The van der Waals surface area contributed by atoms with Crippen LogP contribution in [0.4, 0.5) is 4.39 Å². The van der Waals surface area contributed by atoms with Crippen molar-refractivity contribution in [1.82, 2.24) is 15.1 Å². The molecule has 1 atom stereocenters. The molecule has 128 valence electrons. The molecule has 2 aromatic rings. The molecule has 1 amide bonds. The van der Waals surface area contributed by atoms with Crippen LogP contribution in [0.15, 0.2) is 30.5 Å². The fraction of sp³-hybridized carbons (Fsp3) is 0.353. The second-order valence-corrected chi connectivity index (χ2v) is 6.03. The van der Waals surface area contributed by atoms with Crippen molar-refractivity contribution in [3.63, 3.8) is 0 Å². The fourth-order valence-electron chi connectivity index (χ4n) is 2.40. The molecule has 1 heterocycles. The summed E-state index contributed by atoms with van der Waals surface area (Å²) in [7, 11) is 0. The third kappa shape index (κ3) is 3.98. The van der Waals surface area contributed by atoms with E-state index in [1.807, 2.05) is 13.8 Å². The average Bonchev–Trinajstić information content (AvgIpc) is 2.88. The van der Waals surface area contributed by atoms with Crippen LogP contribution in [0.5, 0.6) is 0 Å². The van der Waals surface area contributed by atoms with Crippen LogP contribution in [-0.4, -0.2) is 32.8 Å². The van der Waals surface area contributed by atoms with E-state index in [-0.39, 0.29) is 17.3 Å².